The molecule has 1 fully saturated rings. The number of aryl methyl sites for hydroxylation is 1. The summed E-state index contributed by atoms with van der Waals surface area (Å²) in [6.45, 7) is 5.01. The molecule has 2 aromatic heterocycles. The number of hydrogen-bond donors (Lipinski definition) is 1. The van der Waals surface area contributed by atoms with E-state index in [9.17, 15) is 4.79 Å². The fourth-order valence-corrected chi connectivity index (χ4v) is 4.55. The van der Waals surface area contributed by atoms with Crippen molar-refractivity contribution in [2.75, 3.05) is 12.3 Å². The van der Waals surface area contributed by atoms with Crippen LogP contribution in [0.25, 0.3) is 21.1 Å². The lowest BCUT2D eigenvalue weighted by Gasteiger charge is -2.33. The molecule has 5 heteroatoms. The highest BCUT2D eigenvalue weighted by atomic mass is 32.1. The van der Waals surface area contributed by atoms with E-state index in [0.717, 1.165) is 40.5 Å². The number of likely N-dealkylation sites (tertiary alicyclic amines) is 1. The van der Waals surface area contributed by atoms with Gasteiger partial charge in [0.25, 0.3) is 5.91 Å². The molecule has 0 bridgehead atoms. The maximum Gasteiger partial charge on any atom is 0.266 e. The van der Waals surface area contributed by atoms with Gasteiger partial charge in [0.05, 0.1) is 11.2 Å². The van der Waals surface area contributed by atoms with E-state index in [4.69, 9.17) is 10.7 Å². The van der Waals surface area contributed by atoms with Crippen LogP contribution in [0.3, 0.4) is 0 Å². The van der Waals surface area contributed by atoms with Crippen LogP contribution in [0, 0.1) is 6.92 Å². The molecular weight excluding hydrogens is 318 g/mol. The van der Waals surface area contributed by atoms with E-state index in [2.05, 4.69) is 32.0 Å². The molecule has 0 radical (unpaired) electrons. The number of rotatable bonds is 1. The molecule has 2 N–H and O–H groups in total. The van der Waals surface area contributed by atoms with Gasteiger partial charge in [-0.2, -0.15) is 0 Å². The van der Waals surface area contributed by atoms with Gasteiger partial charge in [-0.15, -0.1) is 11.3 Å². The molecule has 1 amide bonds. The molecule has 3 heterocycles. The zero-order chi connectivity index (χ0) is 16.8. The van der Waals surface area contributed by atoms with Gasteiger partial charge in [-0.1, -0.05) is 11.6 Å². The molecule has 1 atom stereocenters. The molecule has 0 aliphatic carbocycles. The van der Waals surface area contributed by atoms with Crippen LogP contribution >= 0.6 is 11.3 Å². The van der Waals surface area contributed by atoms with Crippen molar-refractivity contribution >= 4 is 44.1 Å². The van der Waals surface area contributed by atoms with E-state index >= 15 is 0 Å². The van der Waals surface area contributed by atoms with Crippen molar-refractivity contribution in [1.29, 1.82) is 0 Å². The van der Waals surface area contributed by atoms with E-state index in [1.54, 1.807) is 0 Å². The number of nitrogens with zero attached hydrogens (tertiary/aromatic N) is 2. The Morgan fingerprint density at radius 2 is 2.17 bits per heavy atom. The zero-order valence-corrected chi connectivity index (χ0v) is 14.8. The average molecular weight is 339 g/mol. The van der Waals surface area contributed by atoms with E-state index in [1.165, 1.54) is 23.3 Å². The Labute approximate surface area is 145 Å². The van der Waals surface area contributed by atoms with Gasteiger partial charge in [0.1, 0.15) is 9.71 Å². The van der Waals surface area contributed by atoms with Crippen LogP contribution in [0.2, 0.25) is 0 Å². The van der Waals surface area contributed by atoms with Crippen molar-refractivity contribution in [2.45, 2.75) is 39.2 Å². The maximum absolute atomic E-state index is 13.0. The van der Waals surface area contributed by atoms with Gasteiger partial charge in [0, 0.05) is 23.4 Å². The lowest BCUT2D eigenvalue weighted by atomic mass is 10.0. The molecule has 1 saturated heterocycles. The third kappa shape index (κ3) is 2.44. The normalized spacial score (nSPS) is 18.4. The summed E-state index contributed by atoms with van der Waals surface area (Å²) in [6, 6.07) is 8.53. The zero-order valence-electron chi connectivity index (χ0n) is 14.0. The third-order valence-electron chi connectivity index (χ3n) is 4.93. The second-order valence-corrected chi connectivity index (χ2v) is 7.72. The molecule has 1 aromatic carbocycles. The molecule has 24 heavy (non-hydrogen) atoms. The van der Waals surface area contributed by atoms with Crippen molar-refractivity contribution in [3.63, 3.8) is 0 Å². The highest BCUT2D eigenvalue weighted by molar-refractivity contribution is 7.21. The number of pyridine rings is 1. The highest BCUT2D eigenvalue weighted by Crippen LogP contribution is 2.36. The van der Waals surface area contributed by atoms with Gasteiger partial charge in [0.15, 0.2) is 0 Å². The number of anilines is 1. The van der Waals surface area contributed by atoms with Crippen LogP contribution < -0.4 is 5.73 Å². The smallest absolute Gasteiger partial charge is 0.266 e. The Morgan fingerprint density at radius 3 is 2.96 bits per heavy atom. The van der Waals surface area contributed by atoms with Gasteiger partial charge in [-0.3, -0.25) is 4.79 Å². The first-order valence-corrected chi connectivity index (χ1v) is 9.26. The molecule has 1 unspecified atom stereocenters. The summed E-state index contributed by atoms with van der Waals surface area (Å²) in [5.41, 5.74) is 9.06. The number of thiophene rings is 1. The summed E-state index contributed by atoms with van der Waals surface area (Å²) >= 11 is 1.42. The molecule has 4 rings (SSSR count). The number of nitrogen functional groups attached to an aromatic ring is 1. The molecule has 0 saturated carbocycles. The number of fused-ring (bicyclic) bond motifs is 2. The van der Waals surface area contributed by atoms with Crippen LogP contribution in [0.15, 0.2) is 24.3 Å². The number of piperidine rings is 1. The summed E-state index contributed by atoms with van der Waals surface area (Å²) in [5.74, 6) is 0.0583. The Bertz CT molecular complexity index is 947. The number of nitrogens with two attached hydrogens (primary N) is 1. The number of benzene rings is 1. The number of carbonyl (C=O) groups excluding carboxylic acids is 1. The minimum absolute atomic E-state index is 0.0583. The van der Waals surface area contributed by atoms with Crippen LogP contribution in [0.1, 0.15) is 41.4 Å². The Balaban J connectivity index is 1.82. The molecule has 4 nitrogen and oxygen atoms in total. The van der Waals surface area contributed by atoms with Gasteiger partial charge in [-0.05, 0) is 51.3 Å². The quantitative estimate of drug-likeness (QED) is 0.717. The van der Waals surface area contributed by atoms with Crippen LogP contribution in [0.5, 0.6) is 0 Å². The van der Waals surface area contributed by atoms with E-state index in [0.29, 0.717) is 10.6 Å². The summed E-state index contributed by atoms with van der Waals surface area (Å²) in [6.07, 6.45) is 3.33. The summed E-state index contributed by atoms with van der Waals surface area (Å²) in [5, 5.41) is 1.96. The molecule has 1 aliphatic rings. The van der Waals surface area contributed by atoms with Gasteiger partial charge in [0.2, 0.25) is 0 Å². The van der Waals surface area contributed by atoms with Gasteiger partial charge in [-0.25, -0.2) is 4.98 Å². The molecule has 0 spiro atoms. The maximum atomic E-state index is 13.0. The fraction of sp³-hybridized carbons (Fsp3) is 0.368. The minimum atomic E-state index is 0.0583. The SMILES string of the molecule is Cc1ccc2nc3sc(C(=O)N4CCCCC4C)c(N)c3cc2c1. The summed E-state index contributed by atoms with van der Waals surface area (Å²) < 4.78 is 0. The second-order valence-electron chi connectivity index (χ2n) is 6.73. The molecule has 124 valence electrons. The van der Waals surface area contributed by atoms with Crippen molar-refractivity contribution in [1.82, 2.24) is 9.88 Å². The van der Waals surface area contributed by atoms with Crippen molar-refractivity contribution in [3.8, 4) is 0 Å². The molecular formula is C19H21N3OS. The first-order chi connectivity index (χ1) is 11.5. The van der Waals surface area contributed by atoms with Crippen molar-refractivity contribution in [3.05, 3.63) is 34.7 Å². The Kier molecular flexibility index (Phi) is 3.68. The van der Waals surface area contributed by atoms with Crippen molar-refractivity contribution < 1.29 is 4.79 Å². The standard InChI is InChI=1S/C19H21N3OS/c1-11-6-7-15-13(9-11)10-14-16(20)17(24-18(14)21-15)19(23)22-8-4-3-5-12(22)2/h6-7,9-10,12H,3-5,8,20H2,1-2H3. The lowest BCUT2D eigenvalue weighted by molar-refractivity contribution is 0.0642. The summed E-state index contributed by atoms with van der Waals surface area (Å²) in [7, 11) is 0. The lowest BCUT2D eigenvalue weighted by Crippen LogP contribution is -2.41. The van der Waals surface area contributed by atoms with E-state index < -0.39 is 0 Å². The highest BCUT2D eigenvalue weighted by Gasteiger charge is 2.28. The van der Waals surface area contributed by atoms with Gasteiger partial charge >= 0.3 is 0 Å². The van der Waals surface area contributed by atoms with Crippen LogP contribution in [-0.2, 0) is 0 Å². The Hall–Kier alpha value is -2.14. The van der Waals surface area contributed by atoms with Gasteiger partial charge < -0.3 is 10.6 Å². The first-order valence-electron chi connectivity index (χ1n) is 8.45. The Morgan fingerprint density at radius 1 is 1.33 bits per heavy atom. The van der Waals surface area contributed by atoms with E-state index in [-0.39, 0.29) is 11.9 Å². The van der Waals surface area contributed by atoms with Crippen LogP contribution in [-0.4, -0.2) is 28.4 Å². The first kappa shape index (κ1) is 15.4. The van der Waals surface area contributed by atoms with Crippen molar-refractivity contribution in [2.24, 2.45) is 0 Å². The number of amides is 1. The fourth-order valence-electron chi connectivity index (χ4n) is 3.51. The molecule has 1 aliphatic heterocycles. The monoisotopic (exact) mass is 339 g/mol. The second kappa shape index (κ2) is 5.74. The third-order valence-corrected chi connectivity index (χ3v) is 6.03. The predicted octanol–water partition coefficient (Wildman–Crippen LogP) is 4.35. The minimum Gasteiger partial charge on any atom is -0.397 e. The topological polar surface area (TPSA) is 59.2 Å². The largest absolute Gasteiger partial charge is 0.397 e. The predicted molar refractivity (Wildman–Crippen MR) is 101 cm³/mol. The summed E-state index contributed by atoms with van der Waals surface area (Å²) in [4.78, 5) is 21.1. The number of aromatic nitrogens is 1. The number of carbonyl (C=O) groups is 1. The number of hydrogen-bond acceptors (Lipinski definition) is 4. The van der Waals surface area contributed by atoms with E-state index in [1.807, 2.05) is 11.0 Å². The van der Waals surface area contributed by atoms with Crippen LogP contribution in [0.4, 0.5) is 5.69 Å². The average Bonchev–Trinajstić information content (AvgIpc) is 2.89. The molecule has 3 aromatic rings.